The number of halogens is 2. The van der Waals surface area contributed by atoms with Crippen LogP contribution in [0.2, 0.25) is 10.0 Å². The maximum absolute atomic E-state index is 11.7. The zero-order valence-corrected chi connectivity index (χ0v) is 13.6. The predicted molar refractivity (Wildman–Crippen MR) is 82.0 cm³/mol. The van der Waals surface area contributed by atoms with Gasteiger partial charge in [0.1, 0.15) is 5.75 Å². The fourth-order valence-corrected chi connectivity index (χ4v) is 3.52. The highest BCUT2D eigenvalue weighted by Crippen LogP contribution is 2.29. The molecule has 0 unspecified atom stereocenters. The van der Waals surface area contributed by atoms with E-state index in [1.165, 1.54) is 0 Å². The van der Waals surface area contributed by atoms with E-state index < -0.39 is 27.5 Å². The minimum Gasteiger partial charge on any atom is -0.349 e. The summed E-state index contributed by atoms with van der Waals surface area (Å²) in [4.78, 5) is 11.7. The van der Waals surface area contributed by atoms with Crippen LogP contribution in [0.4, 0.5) is 0 Å². The SMILES string of the molecule is CCCS(=O)(=O)CC(=O)N[C@@H](C)c1cccc(Cl)c1Cl. The molecule has 1 rings (SSSR count). The van der Waals surface area contributed by atoms with Gasteiger partial charge >= 0.3 is 0 Å². The van der Waals surface area contributed by atoms with E-state index in [1.807, 2.05) is 0 Å². The fourth-order valence-electron chi connectivity index (χ4n) is 1.80. The fraction of sp³-hybridized carbons (Fsp3) is 0.462. The van der Waals surface area contributed by atoms with E-state index in [4.69, 9.17) is 23.2 Å². The van der Waals surface area contributed by atoms with Gasteiger partial charge in [-0.1, -0.05) is 42.3 Å². The van der Waals surface area contributed by atoms with Crippen LogP contribution >= 0.6 is 23.2 Å². The lowest BCUT2D eigenvalue weighted by atomic mass is 10.1. The van der Waals surface area contributed by atoms with Gasteiger partial charge < -0.3 is 5.32 Å². The Labute approximate surface area is 129 Å². The van der Waals surface area contributed by atoms with Gasteiger partial charge in [-0.25, -0.2) is 8.42 Å². The molecule has 1 amide bonds. The molecule has 1 N–H and O–H groups in total. The Hall–Kier alpha value is -0.780. The third-order valence-corrected chi connectivity index (χ3v) is 5.26. The summed E-state index contributed by atoms with van der Waals surface area (Å²) in [6.07, 6.45) is 0.491. The summed E-state index contributed by atoms with van der Waals surface area (Å²) < 4.78 is 23.1. The molecule has 0 aliphatic heterocycles. The van der Waals surface area contributed by atoms with Crippen LogP contribution in [0.1, 0.15) is 31.9 Å². The summed E-state index contributed by atoms with van der Waals surface area (Å²) in [5.74, 6) is -1.04. The molecule has 0 saturated carbocycles. The van der Waals surface area contributed by atoms with Crippen molar-refractivity contribution >= 4 is 38.9 Å². The molecular weight excluding hydrogens is 321 g/mol. The number of amides is 1. The molecule has 0 radical (unpaired) electrons. The maximum atomic E-state index is 11.7. The van der Waals surface area contributed by atoms with E-state index in [0.29, 0.717) is 22.0 Å². The van der Waals surface area contributed by atoms with E-state index in [1.54, 1.807) is 32.0 Å². The van der Waals surface area contributed by atoms with E-state index in [0.717, 1.165) is 0 Å². The molecule has 20 heavy (non-hydrogen) atoms. The molecule has 0 fully saturated rings. The Balaban J connectivity index is 2.74. The van der Waals surface area contributed by atoms with Crippen LogP contribution in [0.15, 0.2) is 18.2 Å². The Bertz CT molecular complexity index is 587. The zero-order valence-electron chi connectivity index (χ0n) is 11.3. The number of rotatable bonds is 6. The van der Waals surface area contributed by atoms with Crippen LogP contribution < -0.4 is 5.32 Å². The summed E-state index contributed by atoms with van der Waals surface area (Å²) >= 11 is 12.0. The van der Waals surface area contributed by atoms with E-state index >= 15 is 0 Å². The molecule has 1 aromatic carbocycles. The first kappa shape index (κ1) is 17.3. The smallest absolute Gasteiger partial charge is 0.235 e. The molecule has 1 aromatic rings. The standard InChI is InChI=1S/C13H17Cl2NO3S/c1-3-7-20(18,19)8-12(17)16-9(2)10-5-4-6-11(14)13(10)15/h4-6,9H,3,7-8H2,1-2H3,(H,16,17)/t9-/m0/s1. The quantitative estimate of drug-likeness (QED) is 0.867. The van der Waals surface area contributed by atoms with Crippen molar-refractivity contribution in [3.05, 3.63) is 33.8 Å². The van der Waals surface area contributed by atoms with Crippen LogP contribution in [-0.4, -0.2) is 25.8 Å². The molecule has 1 atom stereocenters. The first-order chi connectivity index (χ1) is 9.26. The minimum atomic E-state index is -3.35. The van der Waals surface area contributed by atoms with Gasteiger partial charge in [0.05, 0.1) is 21.8 Å². The Morgan fingerprint density at radius 3 is 2.60 bits per heavy atom. The van der Waals surface area contributed by atoms with Crippen LogP contribution in [0, 0.1) is 0 Å². The second-order valence-corrected chi connectivity index (χ2v) is 7.49. The average Bonchev–Trinajstić information content (AvgIpc) is 2.31. The third-order valence-electron chi connectivity index (χ3n) is 2.69. The topological polar surface area (TPSA) is 63.2 Å². The summed E-state index contributed by atoms with van der Waals surface area (Å²) in [7, 11) is -3.35. The number of carbonyl (C=O) groups is 1. The molecule has 0 saturated heterocycles. The van der Waals surface area contributed by atoms with Crippen molar-refractivity contribution in [2.75, 3.05) is 11.5 Å². The Morgan fingerprint density at radius 1 is 1.35 bits per heavy atom. The second kappa shape index (κ2) is 7.29. The molecule has 0 spiro atoms. The zero-order chi connectivity index (χ0) is 15.3. The predicted octanol–water partition coefficient (Wildman–Crippen LogP) is 3.00. The highest BCUT2D eigenvalue weighted by molar-refractivity contribution is 7.92. The molecule has 0 heterocycles. The van der Waals surface area contributed by atoms with Crippen molar-refractivity contribution in [1.82, 2.24) is 5.32 Å². The van der Waals surface area contributed by atoms with Gasteiger partial charge in [0.2, 0.25) is 5.91 Å². The number of hydrogen-bond donors (Lipinski definition) is 1. The van der Waals surface area contributed by atoms with Crippen LogP contribution in [0.3, 0.4) is 0 Å². The molecule has 0 aromatic heterocycles. The molecule has 0 bridgehead atoms. The molecular formula is C13H17Cl2NO3S. The van der Waals surface area contributed by atoms with Crippen LogP contribution in [0.25, 0.3) is 0 Å². The Morgan fingerprint density at radius 2 is 2.00 bits per heavy atom. The van der Waals surface area contributed by atoms with Gasteiger partial charge in [-0.05, 0) is 25.0 Å². The molecule has 0 aliphatic rings. The summed E-state index contributed by atoms with van der Waals surface area (Å²) in [5, 5.41) is 3.37. The van der Waals surface area contributed by atoms with Gasteiger partial charge in [0.15, 0.2) is 9.84 Å². The van der Waals surface area contributed by atoms with Gasteiger partial charge in [-0.15, -0.1) is 0 Å². The van der Waals surface area contributed by atoms with Crippen molar-refractivity contribution in [3.8, 4) is 0 Å². The van der Waals surface area contributed by atoms with Crippen molar-refractivity contribution in [3.63, 3.8) is 0 Å². The lowest BCUT2D eigenvalue weighted by Crippen LogP contribution is -2.33. The highest BCUT2D eigenvalue weighted by atomic mass is 35.5. The molecule has 112 valence electrons. The largest absolute Gasteiger partial charge is 0.349 e. The third kappa shape index (κ3) is 4.96. The number of carbonyl (C=O) groups excluding carboxylic acids is 1. The minimum absolute atomic E-state index is 0.00667. The van der Waals surface area contributed by atoms with E-state index in [9.17, 15) is 13.2 Å². The maximum Gasteiger partial charge on any atom is 0.235 e. The van der Waals surface area contributed by atoms with E-state index in [-0.39, 0.29) is 5.75 Å². The summed E-state index contributed by atoms with van der Waals surface area (Å²) in [6, 6.07) is 4.69. The van der Waals surface area contributed by atoms with E-state index in [2.05, 4.69) is 5.32 Å². The molecule has 0 aliphatic carbocycles. The van der Waals surface area contributed by atoms with Crippen LogP contribution in [-0.2, 0) is 14.6 Å². The number of benzene rings is 1. The monoisotopic (exact) mass is 337 g/mol. The van der Waals surface area contributed by atoms with Crippen molar-refractivity contribution in [2.45, 2.75) is 26.3 Å². The molecule has 7 heteroatoms. The Kier molecular flexibility index (Phi) is 6.30. The summed E-state index contributed by atoms with van der Waals surface area (Å²) in [5.41, 5.74) is 0.653. The highest BCUT2D eigenvalue weighted by Gasteiger charge is 2.19. The normalized spacial score (nSPS) is 13.0. The van der Waals surface area contributed by atoms with Gasteiger partial charge in [-0.3, -0.25) is 4.79 Å². The van der Waals surface area contributed by atoms with Crippen molar-refractivity contribution < 1.29 is 13.2 Å². The number of sulfone groups is 1. The lowest BCUT2D eigenvalue weighted by molar-refractivity contribution is -0.119. The number of hydrogen-bond acceptors (Lipinski definition) is 3. The van der Waals surface area contributed by atoms with Gasteiger partial charge in [0.25, 0.3) is 0 Å². The van der Waals surface area contributed by atoms with Crippen molar-refractivity contribution in [1.29, 1.82) is 0 Å². The lowest BCUT2D eigenvalue weighted by Gasteiger charge is -2.16. The second-order valence-electron chi connectivity index (χ2n) is 4.52. The van der Waals surface area contributed by atoms with Crippen LogP contribution in [0.5, 0.6) is 0 Å². The number of nitrogens with one attached hydrogen (secondary N) is 1. The summed E-state index contributed by atoms with van der Waals surface area (Å²) in [6.45, 7) is 3.48. The van der Waals surface area contributed by atoms with Crippen molar-refractivity contribution in [2.24, 2.45) is 0 Å². The van der Waals surface area contributed by atoms with Gasteiger partial charge in [0, 0.05) is 0 Å². The average molecular weight is 338 g/mol. The molecule has 4 nitrogen and oxygen atoms in total. The first-order valence-corrected chi connectivity index (χ1v) is 8.78. The first-order valence-electron chi connectivity index (χ1n) is 6.20. The van der Waals surface area contributed by atoms with Gasteiger partial charge in [-0.2, -0.15) is 0 Å².